The summed E-state index contributed by atoms with van der Waals surface area (Å²) in [6, 6.07) is 5.80. The molecule has 3 rings (SSSR count). The van der Waals surface area contributed by atoms with E-state index >= 15 is 0 Å². The number of likely N-dealkylation sites (tertiary alicyclic amines) is 1. The highest BCUT2D eigenvalue weighted by Crippen LogP contribution is 2.59. The summed E-state index contributed by atoms with van der Waals surface area (Å²) in [6.45, 7) is 2.37. The second-order valence-corrected chi connectivity index (χ2v) is 6.12. The van der Waals surface area contributed by atoms with Crippen LogP contribution in [0.3, 0.4) is 0 Å². The minimum atomic E-state index is -4.79. The molecular formula is C16H18F3NO2. The number of hydrogen-bond donors (Lipinski definition) is 0. The maximum Gasteiger partial charge on any atom is 0.471 e. The molecule has 3 nitrogen and oxygen atoms in total. The molecular weight excluding hydrogens is 295 g/mol. The van der Waals surface area contributed by atoms with E-state index < -0.39 is 12.1 Å². The molecule has 6 heteroatoms. The molecule has 1 aliphatic carbocycles. The molecule has 0 aromatic heterocycles. The Kier molecular flexibility index (Phi) is 3.38. The molecule has 1 heterocycles. The highest BCUT2D eigenvalue weighted by molar-refractivity contribution is 5.82. The molecule has 1 aromatic rings. The number of rotatable bonds is 3. The number of alkyl halides is 3. The Hall–Kier alpha value is -1.72. The molecule has 2 fully saturated rings. The van der Waals surface area contributed by atoms with Crippen molar-refractivity contribution in [3.05, 3.63) is 29.3 Å². The van der Waals surface area contributed by atoms with Gasteiger partial charge in [-0.05, 0) is 36.0 Å². The van der Waals surface area contributed by atoms with Gasteiger partial charge in [0.1, 0.15) is 5.75 Å². The number of hydrogen-bond acceptors (Lipinski definition) is 2. The standard InChI is InChI=1S/C16H18F3NO2/c1-3-10-6-11(4-5-13(10)22-2)15-7-12(15)8-20(9-15)14(21)16(17,18)19/h4-6,12H,3,7-9H2,1-2H3/t12-,15+/m0/s1. The number of carbonyl (C=O) groups excluding carboxylic acids is 1. The SMILES string of the molecule is CCc1cc([C@]23C[C@H]2CN(C(=O)C(F)(F)F)C3)ccc1OC. The van der Waals surface area contributed by atoms with Gasteiger partial charge in [-0.1, -0.05) is 19.1 Å². The third-order valence-corrected chi connectivity index (χ3v) is 4.91. The van der Waals surface area contributed by atoms with E-state index in [9.17, 15) is 18.0 Å². The third-order valence-electron chi connectivity index (χ3n) is 4.91. The zero-order valence-electron chi connectivity index (χ0n) is 12.5. The molecule has 0 N–H and O–H groups in total. The van der Waals surface area contributed by atoms with Gasteiger partial charge in [-0.3, -0.25) is 4.79 Å². The largest absolute Gasteiger partial charge is 0.496 e. The van der Waals surface area contributed by atoms with Crippen LogP contribution in [0.2, 0.25) is 0 Å². The Labute approximate surface area is 127 Å². The predicted octanol–water partition coefficient (Wildman–Crippen LogP) is 2.92. The van der Waals surface area contributed by atoms with Gasteiger partial charge >= 0.3 is 12.1 Å². The minimum Gasteiger partial charge on any atom is -0.496 e. The van der Waals surface area contributed by atoms with Crippen LogP contribution in [0.4, 0.5) is 13.2 Å². The van der Waals surface area contributed by atoms with Crippen LogP contribution in [0.15, 0.2) is 18.2 Å². The van der Waals surface area contributed by atoms with E-state index in [-0.39, 0.29) is 24.4 Å². The number of halogens is 3. The van der Waals surface area contributed by atoms with Gasteiger partial charge in [0.05, 0.1) is 7.11 Å². The molecule has 2 aliphatic rings. The number of benzene rings is 1. The van der Waals surface area contributed by atoms with Crippen molar-refractivity contribution in [3.8, 4) is 5.75 Å². The van der Waals surface area contributed by atoms with E-state index in [0.717, 1.165) is 34.6 Å². The van der Waals surface area contributed by atoms with Gasteiger partial charge in [0.15, 0.2) is 0 Å². The molecule has 0 unspecified atom stereocenters. The summed E-state index contributed by atoms with van der Waals surface area (Å²) < 4.78 is 43.0. The topological polar surface area (TPSA) is 29.5 Å². The van der Waals surface area contributed by atoms with Gasteiger partial charge in [-0.2, -0.15) is 13.2 Å². The van der Waals surface area contributed by atoms with Crippen molar-refractivity contribution in [1.29, 1.82) is 0 Å². The second-order valence-electron chi connectivity index (χ2n) is 6.12. The smallest absolute Gasteiger partial charge is 0.471 e. The minimum absolute atomic E-state index is 0.136. The fourth-order valence-corrected chi connectivity index (χ4v) is 3.63. The number of amides is 1. The average molecular weight is 313 g/mol. The van der Waals surface area contributed by atoms with Gasteiger partial charge < -0.3 is 9.64 Å². The first kappa shape index (κ1) is 15.2. The summed E-state index contributed by atoms with van der Waals surface area (Å²) in [5.41, 5.74) is 1.77. The highest BCUT2D eigenvalue weighted by atomic mass is 19.4. The second kappa shape index (κ2) is 4.89. The van der Waals surface area contributed by atoms with Crippen LogP contribution in [0.25, 0.3) is 0 Å². The predicted molar refractivity (Wildman–Crippen MR) is 74.8 cm³/mol. The molecule has 1 saturated carbocycles. The van der Waals surface area contributed by atoms with Gasteiger partial charge in [-0.25, -0.2) is 0 Å². The van der Waals surface area contributed by atoms with Crippen molar-refractivity contribution < 1.29 is 22.7 Å². The molecule has 0 radical (unpaired) electrons. The van der Waals surface area contributed by atoms with Crippen LogP contribution in [-0.4, -0.2) is 37.2 Å². The Bertz CT molecular complexity index is 614. The molecule has 1 aliphatic heterocycles. The van der Waals surface area contributed by atoms with E-state index in [1.807, 2.05) is 25.1 Å². The van der Waals surface area contributed by atoms with Gasteiger partial charge in [0.25, 0.3) is 0 Å². The van der Waals surface area contributed by atoms with Crippen molar-refractivity contribution >= 4 is 5.91 Å². The summed E-state index contributed by atoms with van der Waals surface area (Å²) in [7, 11) is 1.60. The monoisotopic (exact) mass is 313 g/mol. The van der Waals surface area contributed by atoms with Crippen molar-refractivity contribution in [2.45, 2.75) is 31.4 Å². The Morgan fingerprint density at radius 2 is 2.18 bits per heavy atom. The Morgan fingerprint density at radius 3 is 2.77 bits per heavy atom. The first-order valence-corrected chi connectivity index (χ1v) is 7.35. The molecule has 2 atom stereocenters. The van der Waals surface area contributed by atoms with E-state index in [0.29, 0.717) is 0 Å². The molecule has 0 bridgehead atoms. The summed E-state index contributed by atoms with van der Waals surface area (Å²) in [5.74, 6) is -0.790. The first-order chi connectivity index (χ1) is 10.3. The van der Waals surface area contributed by atoms with Gasteiger partial charge in [0.2, 0.25) is 0 Å². The lowest BCUT2D eigenvalue weighted by molar-refractivity contribution is -0.184. The van der Waals surface area contributed by atoms with Crippen LogP contribution >= 0.6 is 0 Å². The van der Waals surface area contributed by atoms with Crippen molar-refractivity contribution in [2.24, 2.45) is 5.92 Å². The Balaban J connectivity index is 1.84. The fourth-order valence-electron chi connectivity index (χ4n) is 3.63. The number of methoxy groups -OCH3 is 1. The van der Waals surface area contributed by atoms with Crippen LogP contribution in [0, 0.1) is 5.92 Å². The number of carbonyl (C=O) groups is 1. The lowest BCUT2D eigenvalue weighted by atomic mass is 9.92. The van der Waals surface area contributed by atoms with Crippen LogP contribution < -0.4 is 4.74 Å². The number of nitrogens with zero attached hydrogens (tertiary/aromatic N) is 1. The molecule has 1 saturated heterocycles. The molecule has 120 valence electrons. The van der Waals surface area contributed by atoms with Crippen LogP contribution in [0.5, 0.6) is 5.75 Å². The quantitative estimate of drug-likeness (QED) is 0.859. The van der Waals surface area contributed by atoms with E-state index in [1.54, 1.807) is 7.11 Å². The molecule has 1 aromatic carbocycles. The summed E-state index contributed by atoms with van der Waals surface area (Å²) in [6.07, 6.45) is -3.14. The zero-order chi connectivity index (χ0) is 16.1. The zero-order valence-corrected chi connectivity index (χ0v) is 12.5. The van der Waals surface area contributed by atoms with Crippen molar-refractivity contribution in [3.63, 3.8) is 0 Å². The maximum absolute atomic E-state index is 12.6. The molecule has 22 heavy (non-hydrogen) atoms. The van der Waals surface area contributed by atoms with E-state index in [1.165, 1.54) is 0 Å². The molecule has 0 spiro atoms. The van der Waals surface area contributed by atoms with Crippen molar-refractivity contribution in [2.75, 3.05) is 20.2 Å². The lowest BCUT2D eigenvalue weighted by Crippen LogP contribution is -2.41. The van der Waals surface area contributed by atoms with E-state index in [2.05, 4.69) is 0 Å². The highest BCUT2D eigenvalue weighted by Gasteiger charge is 2.63. The van der Waals surface area contributed by atoms with Gasteiger partial charge in [-0.15, -0.1) is 0 Å². The number of piperidine rings is 1. The summed E-state index contributed by atoms with van der Waals surface area (Å²) >= 11 is 0. The van der Waals surface area contributed by atoms with Crippen molar-refractivity contribution in [1.82, 2.24) is 4.90 Å². The fraction of sp³-hybridized carbons (Fsp3) is 0.562. The third kappa shape index (κ3) is 2.25. The normalized spacial score (nSPS) is 26.8. The summed E-state index contributed by atoms with van der Waals surface area (Å²) in [5, 5.41) is 0. The molecule has 1 amide bonds. The number of aryl methyl sites for hydroxylation is 1. The van der Waals surface area contributed by atoms with Gasteiger partial charge in [0, 0.05) is 18.5 Å². The van der Waals surface area contributed by atoms with E-state index in [4.69, 9.17) is 4.74 Å². The average Bonchev–Trinajstić information content (AvgIpc) is 3.06. The number of ether oxygens (including phenoxy) is 1. The lowest BCUT2D eigenvalue weighted by Gasteiger charge is -2.23. The summed E-state index contributed by atoms with van der Waals surface area (Å²) in [4.78, 5) is 12.4. The van der Waals surface area contributed by atoms with Crippen LogP contribution in [-0.2, 0) is 16.6 Å². The maximum atomic E-state index is 12.6. The number of fused-ring (bicyclic) bond motifs is 1. The first-order valence-electron chi connectivity index (χ1n) is 7.35. The van der Waals surface area contributed by atoms with Crippen LogP contribution in [0.1, 0.15) is 24.5 Å². The Morgan fingerprint density at radius 1 is 1.45 bits per heavy atom.